The fraction of sp³-hybridized carbons (Fsp3) is 0.158. The van der Waals surface area contributed by atoms with E-state index >= 15 is 0 Å². The van der Waals surface area contributed by atoms with Crippen LogP contribution in [0.4, 0.5) is 5.69 Å². The fourth-order valence-corrected chi connectivity index (χ4v) is 3.65. The number of nitrogens with one attached hydrogen (secondary N) is 2. The Bertz CT molecular complexity index is 1130. The number of aryl methyl sites for hydroxylation is 1. The van der Waals surface area contributed by atoms with E-state index < -0.39 is 33.3 Å². The molecule has 0 saturated heterocycles. The zero-order valence-electron chi connectivity index (χ0n) is 16.5. The molecule has 2 N–H and O–H groups in total. The van der Waals surface area contributed by atoms with Gasteiger partial charge in [0.25, 0.3) is 17.5 Å². The molecule has 0 aromatic heterocycles. The van der Waals surface area contributed by atoms with Gasteiger partial charge in [0.05, 0.1) is 16.4 Å². The topological polar surface area (TPSA) is 139 Å². The van der Waals surface area contributed by atoms with Crippen molar-refractivity contribution in [2.75, 3.05) is 13.6 Å². The van der Waals surface area contributed by atoms with Crippen LogP contribution in [-0.2, 0) is 19.6 Å². The first kappa shape index (κ1) is 24.0. The van der Waals surface area contributed by atoms with Gasteiger partial charge in [0.1, 0.15) is 5.02 Å². The predicted octanol–water partition coefficient (Wildman–Crippen LogP) is 2.04. The zero-order chi connectivity index (χ0) is 23.2. The molecule has 0 fully saturated rings. The van der Waals surface area contributed by atoms with Crippen LogP contribution in [0.2, 0.25) is 5.02 Å². The maximum absolute atomic E-state index is 12.5. The highest BCUT2D eigenvalue weighted by Gasteiger charge is 2.22. The number of nitro benzene ring substituents is 1. The van der Waals surface area contributed by atoms with E-state index in [0.717, 1.165) is 15.9 Å². The summed E-state index contributed by atoms with van der Waals surface area (Å²) in [4.78, 5) is 34.1. The largest absolute Gasteiger partial charge is 0.288 e. The molecule has 0 aliphatic heterocycles. The number of hydrogen-bond donors (Lipinski definition) is 2. The Labute approximate surface area is 183 Å². The van der Waals surface area contributed by atoms with Gasteiger partial charge in [-0.3, -0.25) is 30.6 Å². The Balaban J connectivity index is 1.91. The lowest BCUT2D eigenvalue weighted by molar-refractivity contribution is -0.384. The average Bonchev–Trinajstić information content (AvgIpc) is 2.71. The highest BCUT2D eigenvalue weighted by atomic mass is 35.5. The molecular formula is C19H19ClN4O6S. The van der Waals surface area contributed by atoms with E-state index in [-0.39, 0.29) is 15.6 Å². The first-order chi connectivity index (χ1) is 14.5. The Kier molecular flexibility index (Phi) is 7.86. The number of halogens is 1. The molecule has 164 valence electrons. The molecule has 2 rings (SSSR count). The molecule has 0 bridgehead atoms. The lowest BCUT2D eigenvalue weighted by Gasteiger charge is -2.17. The summed E-state index contributed by atoms with van der Waals surface area (Å²) >= 11 is 5.72. The molecule has 12 heteroatoms. The van der Waals surface area contributed by atoms with Crippen LogP contribution in [0.3, 0.4) is 0 Å². The molecule has 0 unspecified atom stereocenters. The van der Waals surface area contributed by atoms with Crippen LogP contribution in [0.1, 0.15) is 11.1 Å². The van der Waals surface area contributed by atoms with Crippen LogP contribution in [0.5, 0.6) is 0 Å². The SMILES string of the molecule is Cc1ccc(S(=O)(=O)N(C)CC(=O)NNC(=O)/C=C/c2ccc(Cl)c([N+](=O)[O-])c2)cc1. The minimum atomic E-state index is -3.87. The van der Waals surface area contributed by atoms with Crippen LogP contribution in [0.25, 0.3) is 6.08 Å². The number of carbonyl (C=O) groups is 2. The number of nitro groups is 1. The van der Waals surface area contributed by atoms with Crippen molar-refractivity contribution in [3.8, 4) is 0 Å². The number of nitrogens with zero attached hydrogens (tertiary/aromatic N) is 2. The second-order valence-electron chi connectivity index (χ2n) is 6.41. The molecule has 0 atom stereocenters. The van der Waals surface area contributed by atoms with Gasteiger partial charge in [0, 0.05) is 19.2 Å². The lowest BCUT2D eigenvalue weighted by Crippen LogP contribution is -2.46. The van der Waals surface area contributed by atoms with Crippen LogP contribution < -0.4 is 10.9 Å². The maximum Gasteiger partial charge on any atom is 0.288 e. The number of likely N-dealkylation sites (N-methyl/N-ethyl adjacent to an activating group) is 1. The Morgan fingerprint density at radius 1 is 1.16 bits per heavy atom. The van der Waals surface area contributed by atoms with Crippen molar-refractivity contribution in [2.45, 2.75) is 11.8 Å². The molecule has 0 saturated carbocycles. The predicted molar refractivity (Wildman–Crippen MR) is 114 cm³/mol. The Morgan fingerprint density at radius 3 is 2.42 bits per heavy atom. The average molecular weight is 467 g/mol. The van der Waals surface area contributed by atoms with Gasteiger partial charge in [-0.15, -0.1) is 0 Å². The second kappa shape index (κ2) is 10.2. The van der Waals surface area contributed by atoms with Crippen molar-refractivity contribution in [1.82, 2.24) is 15.2 Å². The Hall–Kier alpha value is -3.28. The molecule has 0 heterocycles. The Morgan fingerprint density at radius 2 is 1.81 bits per heavy atom. The van der Waals surface area contributed by atoms with Crippen LogP contribution >= 0.6 is 11.6 Å². The first-order valence-corrected chi connectivity index (χ1v) is 10.6. The van der Waals surface area contributed by atoms with Gasteiger partial charge in [0.15, 0.2) is 0 Å². The molecule has 0 aliphatic rings. The van der Waals surface area contributed by atoms with E-state index in [1.54, 1.807) is 12.1 Å². The summed E-state index contributed by atoms with van der Waals surface area (Å²) in [7, 11) is -2.63. The van der Waals surface area contributed by atoms with Gasteiger partial charge in [-0.1, -0.05) is 35.4 Å². The normalized spacial score (nSPS) is 11.5. The van der Waals surface area contributed by atoms with Crippen molar-refractivity contribution in [3.63, 3.8) is 0 Å². The maximum atomic E-state index is 12.5. The number of sulfonamides is 1. The number of rotatable bonds is 7. The van der Waals surface area contributed by atoms with Crippen molar-refractivity contribution in [1.29, 1.82) is 0 Å². The molecule has 31 heavy (non-hydrogen) atoms. The number of hydrazine groups is 1. The van der Waals surface area contributed by atoms with E-state index in [4.69, 9.17) is 11.6 Å². The van der Waals surface area contributed by atoms with Crippen molar-refractivity contribution >= 4 is 45.2 Å². The highest BCUT2D eigenvalue weighted by Crippen LogP contribution is 2.25. The molecule has 10 nitrogen and oxygen atoms in total. The molecule has 0 spiro atoms. The molecule has 2 aromatic carbocycles. The molecule has 2 aromatic rings. The van der Waals surface area contributed by atoms with E-state index in [1.165, 1.54) is 43.5 Å². The third-order valence-corrected chi connectivity index (χ3v) is 6.15. The third-order valence-electron chi connectivity index (χ3n) is 4.01. The summed E-state index contributed by atoms with van der Waals surface area (Å²) in [6.07, 6.45) is 2.33. The number of carbonyl (C=O) groups excluding carboxylic acids is 2. The summed E-state index contributed by atoms with van der Waals surface area (Å²) in [5.74, 6) is -1.49. The number of hydrogen-bond acceptors (Lipinski definition) is 6. The molecule has 2 amide bonds. The molecule has 0 radical (unpaired) electrons. The summed E-state index contributed by atoms with van der Waals surface area (Å²) in [6, 6.07) is 10.1. The van der Waals surface area contributed by atoms with Gasteiger partial charge >= 0.3 is 0 Å². The van der Waals surface area contributed by atoms with Gasteiger partial charge in [-0.25, -0.2) is 8.42 Å². The van der Waals surface area contributed by atoms with E-state index in [1.807, 2.05) is 6.92 Å². The smallest absolute Gasteiger partial charge is 0.272 e. The van der Waals surface area contributed by atoms with Gasteiger partial charge in [0.2, 0.25) is 10.0 Å². The number of benzene rings is 2. The zero-order valence-corrected chi connectivity index (χ0v) is 18.1. The van der Waals surface area contributed by atoms with Crippen molar-refractivity contribution in [2.24, 2.45) is 0 Å². The lowest BCUT2D eigenvalue weighted by atomic mass is 10.2. The molecule has 0 aliphatic carbocycles. The minimum Gasteiger partial charge on any atom is -0.272 e. The third kappa shape index (κ3) is 6.60. The van der Waals surface area contributed by atoms with Gasteiger partial charge in [-0.2, -0.15) is 4.31 Å². The van der Waals surface area contributed by atoms with Crippen LogP contribution in [-0.4, -0.2) is 43.1 Å². The standard InChI is InChI=1S/C19H19ClN4O6S/c1-13-3-7-15(8-4-13)31(29,30)23(2)12-19(26)22-21-18(25)10-6-14-5-9-16(20)17(11-14)24(27)28/h3-11H,12H2,1-2H3,(H,21,25)(H,22,26)/b10-6+. The van der Waals surface area contributed by atoms with Crippen molar-refractivity contribution < 1.29 is 22.9 Å². The van der Waals surface area contributed by atoms with E-state index in [2.05, 4.69) is 10.9 Å². The van der Waals surface area contributed by atoms with E-state index in [0.29, 0.717) is 5.56 Å². The minimum absolute atomic E-state index is 0.0384. The fourth-order valence-electron chi connectivity index (χ4n) is 2.34. The van der Waals surface area contributed by atoms with Gasteiger partial charge in [-0.05, 0) is 36.8 Å². The monoisotopic (exact) mass is 466 g/mol. The summed E-state index contributed by atoms with van der Waals surface area (Å²) < 4.78 is 25.8. The molecular weight excluding hydrogens is 448 g/mol. The van der Waals surface area contributed by atoms with Crippen LogP contribution in [0, 0.1) is 17.0 Å². The number of amides is 2. The summed E-state index contributed by atoms with van der Waals surface area (Å²) in [5.41, 5.74) is 5.13. The quantitative estimate of drug-likeness (QED) is 0.363. The second-order valence-corrected chi connectivity index (χ2v) is 8.86. The van der Waals surface area contributed by atoms with Crippen LogP contribution in [0.15, 0.2) is 53.4 Å². The highest BCUT2D eigenvalue weighted by molar-refractivity contribution is 7.89. The summed E-state index contributed by atoms with van der Waals surface area (Å²) in [6.45, 7) is 1.29. The van der Waals surface area contributed by atoms with Crippen molar-refractivity contribution in [3.05, 3.63) is 74.8 Å². The summed E-state index contributed by atoms with van der Waals surface area (Å²) in [5, 5.41) is 10.8. The first-order valence-electron chi connectivity index (χ1n) is 8.74. The van der Waals surface area contributed by atoms with E-state index in [9.17, 15) is 28.1 Å². The van der Waals surface area contributed by atoms with Gasteiger partial charge < -0.3 is 0 Å².